The van der Waals surface area contributed by atoms with Gasteiger partial charge in [0.05, 0.1) is 11.9 Å². The molecule has 7 nitrogen and oxygen atoms in total. The van der Waals surface area contributed by atoms with Gasteiger partial charge in [-0.15, -0.1) is 0 Å². The third-order valence-electron chi connectivity index (χ3n) is 5.72. The maximum absolute atomic E-state index is 13.6. The van der Waals surface area contributed by atoms with Gasteiger partial charge in [0.25, 0.3) is 0 Å². The molecule has 0 aliphatic heterocycles. The van der Waals surface area contributed by atoms with Gasteiger partial charge in [-0.1, -0.05) is 42.8 Å². The summed E-state index contributed by atoms with van der Waals surface area (Å²) in [6.45, 7) is 8.83. The van der Waals surface area contributed by atoms with Crippen molar-refractivity contribution in [3.05, 3.63) is 64.2 Å². The van der Waals surface area contributed by atoms with Gasteiger partial charge in [-0.05, 0) is 69.0 Å². The Morgan fingerprint density at radius 1 is 1.09 bits per heavy atom. The van der Waals surface area contributed by atoms with E-state index in [1.807, 2.05) is 39.0 Å². The number of amides is 2. The summed E-state index contributed by atoms with van der Waals surface area (Å²) in [7, 11) is -3.77. The zero-order valence-electron chi connectivity index (χ0n) is 20.6. The Labute approximate surface area is 208 Å². The quantitative estimate of drug-likeness (QED) is 0.525. The highest BCUT2D eigenvalue weighted by Gasteiger charge is 2.31. The van der Waals surface area contributed by atoms with Gasteiger partial charge < -0.3 is 10.2 Å². The number of halogens is 1. The number of aryl methyl sites for hydroxylation is 2. The van der Waals surface area contributed by atoms with Crippen LogP contribution in [-0.4, -0.2) is 50.0 Å². The van der Waals surface area contributed by atoms with Crippen molar-refractivity contribution in [3.63, 3.8) is 0 Å². The van der Waals surface area contributed by atoms with Gasteiger partial charge in [0, 0.05) is 17.6 Å². The van der Waals surface area contributed by atoms with Crippen molar-refractivity contribution in [2.45, 2.75) is 59.7 Å². The second-order valence-electron chi connectivity index (χ2n) is 8.70. The molecule has 2 aromatic rings. The van der Waals surface area contributed by atoms with Crippen LogP contribution in [0.25, 0.3) is 0 Å². The van der Waals surface area contributed by atoms with E-state index in [1.54, 1.807) is 38.1 Å². The molecule has 1 N–H and O–H groups in total. The summed E-state index contributed by atoms with van der Waals surface area (Å²) >= 11 is 6.12. The summed E-state index contributed by atoms with van der Waals surface area (Å²) in [5, 5.41) is 3.41. The summed E-state index contributed by atoms with van der Waals surface area (Å²) in [6, 6.07) is 11.6. The van der Waals surface area contributed by atoms with Crippen LogP contribution < -0.4 is 9.62 Å². The molecular weight excluding hydrogens is 474 g/mol. The molecule has 9 heteroatoms. The zero-order chi connectivity index (χ0) is 25.6. The molecule has 2 unspecified atom stereocenters. The van der Waals surface area contributed by atoms with E-state index in [0.717, 1.165) is 33.7 Å². The fraction of sp³-hybridized carbons (Fsp3) is 0.440. The van der Waals surface area contributed by atoms with E-state index in [4.69, 9.17) is 11.6 Å². The zero-order valence-corrected chi connectivity index (χ0v) is 22.2. The molecule has 2 aromatic carbocycles. The van der Waals surface area contributed by atoms with Gasteiger partial charge in [-0.3, -0.25) is 13.9 Å². The van der Waals surface area contributed by atoms with Crippen LogP contribution in [0.4, 0.5) is 5.69 Å². The largest absolute Gasteiger partial charge is 0.352 e. The fourth-order valence-electron chi connectivity index (χ4n) is 3.46. The lowest BCUT2D eigenvalue weighted by atomic mass is 10.1. The number of anilines is 1. The number of carbonyl (C=O) groups is 2. The Kier molecular flexibility index (Phi) is 9.53. The van der Waals surface area contributed by atoms with Crippen LogP contribution >= 0.6 is 11.6 Å². The molecule has 0 fully saturated rings. The van der Waals surface area contributed by atoms with Crippen LogP contribution in [0, 0.1) is 13.8 Å². The minimum absolute atomic E-state index is 0.0551. The molecule has 0 aromatic heterocycles. The lowest BCUT2D eigenvalue weighted by molar-refractivity contribution is -0.139. The van der Waals surface area contributed by atoms with Crippen molar-refractivity contribution in [1.29, 1.82) is 0 Å². The second-order valence-corrected chi connectivity index (χ2v) is 11.0. The summed E-state index contributed by atoms with van der Waals surface area (Å²) in [5.74, 6) is -0.791. The van der Waals surface area contributed by atoms with E-state index < -0.39 is 28.5 Å². The fourth-order valence-corrected chi connectivity index (χ4v) is 4.57. The summed E-state index contributed by atoms with van der Waals surface area (Å²) in [6.07, 6.45) is 1.82. The van der Waals surface area contributed by atoms with Crippen LogP contribution in [0.3, 0.4) is 0 Å². The monoisotopic (exact) mass is 507 g/mol. The molecule has 0 saturated heterocycles. The van der Waals surface area contributed by atoms with E-state index in [-0.39, 0.29) is 18.5 Å². The van der Waals surface area contributed by atoms with Crippen LogP contribution in [0.15, 0.2) is 42.5 Å². The molecule has 186 valence electrons. The smallest absolute Gasteiger partial charge is 0.244 e. The highest BCUT2D eigenvalue weighted by molar-refractivity contribution is 7.92. The third-order valence-corrected chi connectivity index (χ3v) is 7.08. The van der Waals surface area contributed by atoms with Gasteiger partial charge in [-0.25, -0.2) is 8.42 Å². The molecular formula is C25H34ClN3O4S. The topological polar surface area (TPSA) is 86.8 Å². The highest BCUT2D eigenvalue weighted by atomic mass is 35.5. The first-order valence-electron chi connectivity index (χ1n) is 11.2. The Bertz CT molecular complexity index is 1140. The van der Waals surface area contributed by atoms with E-state index in [1.165, 1.54) is 4.90 Å². The number of hydrogen-bond donors (Lipinski definition) is 1. The van der Waals surface area contributed by atoms with Gasteiger partial charge in [0.15, 0.2) is 0 Å². The van der Waals surface area contributed by atoms with Crippen LogP contribution in [0.2, 0.25) is 5.02 Å². The Morgan fingerprint density at radius 3 is 2.35 bits per heavy atom. The minimum Gasteiger partial charge on any atom is -0.352 e. The van der Waals surface area contributed by atoms with E-state index in [2.05, 4.69) is 5.32 Å². The van der Waals surface area contributed by atoms with Crippen molar-refractivity contribution in [1.82, 2.24) is 10.2 Å². The summed E-state index contributed by atoms with van der Waals surface area (Å²) in [4.78, 5) is 27.9. The lowest BCUT2D eigenvalue weighted by Gasteiger charge is -2.32. The van der Waals surface area contributed by atoms with Crippen LogP contribution in [0.5, 0.6) is 0 Å². The highest BCUT2D eigenvalue weighted by Crippen LogP contribution is 2.25. The molecule has 0 aliphatic rings. The number of nitrogens with one attached hydrogen (secondary N) is 1. The average Bonchev–Trinajstić information content (AvgIpc) is 2.76. The van der Waals surface area contributed by atoms with E-state index in [9.17, 15) is 18.0 Å². The van der Waals surface area contributed by atoms with E-state index >= 15 is 0 Å². The van der Waals surface area contributed by atoms with Gasteiger partial charge in [0.2, 0.25) is 21.8 Å². The van der Waals surface area contributed by atoms with Crippen LogP contribution in [-0.2, 0) is 26.2 Å². The predicted octanol–water partition coefficient (Wildman–Crippen LogP) is 4.05. The number of nitrogens with zero attached hydrogens (tertiary/aromatic N) is 2. The molecule has 2 atom stereocenters. The lowest BCUT2D eigenvalue weighted by Crippen LogP contribution is -2.52. The molecule has 34 heavy (non-hydrogen) atoms. The van der Waals surface area contributed by atoms with Crippen molar-refractivity contribution >= 4 is 39.1 Å². The Morgan fingerprint density at radius 2 is 1.76 bits per heavy atom. The second kappa shape index (κ2) is 11.7. The number of sulfonamides is 1. The van der Waals surface area contributed by atoms with Crippen molar-refractivity contribution in [2.75, 3.05) is 17.1 Å². The van der Waals surface area contributed by atoms with Crippen molar-refractivity contribution < 1.29 is 18.0 Å². The Hall–Kier alpha value is -2.58. The number of carbonyl (C=O) groups excluding carboxylic acids is 2. The molecule has 0 spiro atoms. The Balaban J connectivity index is 2.43. The van der Waals surface area contributed by atoms with Crippen LogP contribution in [0.1, 0.15) is 43.9 Å². The molecule has 0 saturated carbocycles. The normalized spacial score (nSPS) is 13.1. The van der Waals surface area contributed by atoms with Crippen molar-refractivity contribution in [2.24, 2.45) is 0 Å². The average molecular weight is 508 g/mol. The first kappa shape index (κ1) is 27.7. The molecule has 0 aliphatic carbocycles. The molecule has 0 bridgehead atoms. The summed E-state index contributed by atoms with van der Waals surface area (Å²) in [5.41, 5.74) is 2.78. The maximum Gasteiger partial charge on any atom is 0.244 e. The minimum atomic E-state index is -3.77. The van der Waals surface area contributed by atoms with Gasteiger partial charge >= 0.3 is 0 Å². The van der Waals surface area contributed by atoms with Gasteiger partial charge in [0.1, 0.15) is 12.6 Å². The SMILES string of the molecule is CCC(C)NC(=O)C(C)N(Cc1cccc(Cl)c1)C(=O)CN(c1cc(C)ccc1C)S(C)(=O)=O. The maximum atomic E-state index is 13.6. The predicted molar refractivity (Wildman–Crippen MR) is 137 cm³/mol. The van der Waals surface area contributed by atoms with Crippen molar-refractivity contribution in [3.8, 4) is 0 Å². The summed E-state index contributed by atoms with van der Waals surface area (Å²) < 4.78 is 26.5. The number of rotatable bonds is 10. The standard InChI is InChI=1S/C25H34ClN3O4S/c1-7-19(4)27-25(31)20(5)28(15-21-9-8-10-22(26)14-21)24(30)16-29(34(6,32)33)23-13-17(2)11-12-18(23)3/h8-14,19-20H,7,15-16H2,1-6H3,(H,27,31). The van der Waals surface area contributed by atoms with E-state index in [0.29, 0.717) is 10.7 Å². The molecule has 2 amide bonds. The first-order chi connectivity index (χ1) is 15.8. The first-order valence-corrected chi connectivity index (χ1v) is 13.4. The third kappa shape index (κ3) is 7.46. The number of hydrogen-bond acceptors (Lipinski definition) is 4. The number of benzene rings is 2. The van der Waals surface area contributed by atoms with Gasteiger partial charge in [-0.2, -0.15) is 0 Å². The molecule has 2 rings (SSSR count). The molecule has 0 radical (unpaired) electrons. The molecule has 0 heterocycles.